The van der Waals surface area contributed by atoms with Crippen LogP contribution < -0.4 is 10.9 Å². The molecule has 25 heavy (non-hydrogen) atoms. The van der Waals surface area contributed by atoms with Gasteiger partial charge in [-0.1, -0.05) is 12.1 Å². The normalized spacial score (nSPS) is 10.6. The largest absolute Gasteiger partial charge is 0.326 e. The molecule has 0 saturated heterocycles. The maximum atomic E-state index is 12.4. The zero-order chi connectivity index (χ0) is 17.8. The number of ketones is 1. The minimum Gasteiger partial charge on any atom is -0.326 e. The Bertz CT molecular complexity index is 991. The molecule has 3 aromatic rings. The van der Waals surface area contributed by atoms with Crippen molar-refractivity contribution in [2.45, 2.75) is 19.9 Å². The van der Waals surface area contributed by atoms with E-state index in [9.17, 15) is 14.4 Å². The second kappa shape index (κ2) is 7.09. The van der Waals surface area contributed by atoms with Crippen molar-refractivity contribution in [3.05, 3.63) is 70.8 Å². The van der Waals surface area contributed by atoms with Gasteiger partial charge < -0.3 is 5.32 Å². The SMILES string of the molecule is CC(=O)c1ccc(NC(=O)CCn2cnc3ccccc3c2=O)cc1. The maximum Gasteiger partial charge on any atom is 0.261 e. The van der Waals surface area contributed by atoms with Crippen LogP contribution in [0.4, 0.5) is 5.69 Å². The first kappa shape index (κ1) is 16.6. The van der Waals surface area contributed by atoms with Crippen LogP contribution in [0.25, 0.3) is 10.9 Å². The van der Waals surface area contributed by atoms with Gasteiger partial charge in [0, 0.05) is 24.2 Å². The van der Waals surface area contributed by atoms with Crippen LogP contribution in [0.2, 0.25) is 0 Å². The van der Waals surface area contributed by atoms with E-state index in [1.165, 1.54) is 17.8 Å². The van der Waals surface area contributed by atoms with Gasteiger partial charge in [-0.05, 0) is 43.3 Å². The number of Topliss-reactive ketones (excluding diaryl/α,β-unsaturated/α-hetero) is 1. The van der Waals surface area contributed by atoms with Crippen LogP contribution in [-0.2, 0) is 11.3 Å². The van der Waals surface area contributed by atoms with Crippen molar-refractivity contribution < 1.29 is 9.59 Å². The van der Waals surface area contributed by atoms with E-state index >= 15 is 0 Å². The molecule has 126 valence electrons. The summed E-state index contributed by atoms with van der Waals surface area (Å²) < 4.78 is 1.43. The maximum absolute atomic E-state index is 12.4. The number of aromatic nitrogens is 2. The van der Waals surface area contributed by atoms with Crippen LogP contribution in [0.5, 0.6) is 0 Å². The first-order chi connectivity index (χ1) is 12.0. The lowest BCUT2D eigenvalue weighted by Crippen LogP contribution is -2.23. The first-order valence-corrected chi connectivity index (χ1v) is 7.89. The molecule has 0 atom stereocenters. The molecule has 3 rings (SSSR count). The lowest BCUT2D eigenvalue weighted by atomic mass is 10.1. The summed E-state index contributed by atoms with van der Waals surface area (Å²) >= 11 is 0. The number of anilines is 1. The molecule has 0 radical (unpaired) electrons. The van der Waals surface area contributed by atoms with Gasteiger partial charge in [-0.15, -0.1) is 0 Å². The Balaban J connectivity index is 1.65. The molecule has 1 N–H and O–H groups in total. The highest BCUT2D eigenvalue weighted by Gasteiger charge is 2.07. The Morgan fingerprint density at radius 3 is 2.52 bits per heavy atom. The van der Waals surface area contributed by atoms with Gasteiger partial charge in [0.05, 0.1) is 17.2 Å². The fourth-order valence-corrected chi connectivity index (χ4v) is 2.50. The molecule has 0 aliphatic carbocycles. The van der Waals surface area contributed by atoms with E-state index in [1.54, 1.807) is 42.5 Å². The Hall–Kier alpha value is -3.28. The van der Waals surface area contributed by atoms with Crippen molar-refractivity contribution in [1.29, 1.82) is 0 Å². The van der Waals surface area contributed by atoms with Gasteiger partial charge in [0.15, 0.2) is 5.78 Å². The summed E-state index contributed by atoms with van der Waals surface area (Å²) in [7, 11) is 0. The van der Waals surface area contributed by atoms with Gasteiger partial charge in [0.25, 0.3) is 5.56 Å². The summed E-state index contributed by atoms with van der Waals surface area (Å²) in [4.78, 5) is 39.9. The molecule has 0 fully saturated rings. The molecule has 0 aliphatic rings. The van der Waals surface area contributed by atoms with Crippen molar-refractivity contribution in [1.82, 2.24) is 9.55 Å². The number of hydrogen-bond donors (Lipinski definition) is 1. The topological polar surface area (TPSA) is 81.1 Å². The van der Waals surface area contributed by atoms with Crippen LogP contribution in [0.15, 0.2) is 59.7 Å². The average Bonchev–Trinajstić information content (AvgIpc) is 2.62. The Morgan fingerprint density at radius 2 is 1.80 bits per heavy atom. The van der Waals surface area contributed by atoms with Crippen molar-refractivity contribution >= 4 is 28.3 Å². The molecule has 0 aliphatic heterocycles. The highest BCUT2D eigenvalue weighted by molar-refractivity contribution is 5.95. The number of carbonyl (C=O) groups excluding carboxylic acids is 2. The van der Waals surface area contributed by atoms with Crippen LogP contribution >= 0.6 is 0 Å². The number of rotatable bonds is 5. The number of aryl methyl sites for hydroxylation is 1. The number of nitrogens with one attached hydrogen (secondary N) is 1. The third-order valence-corrected chi connectivity index (χ3v) is 3.89. The Labute approximate surface area is 144 Å². The van der Waals surface area contributed by atoms with E-state index in [4.69, 9.17) is 0 Å². The molecule has 2 aromatic carbocycles. The third kappa shape index (κ3) is 3.80. The lowest BCUT2D eigenvalue weighted by Gasteiger charge is -2.08. The van der Waals surface area contributed by atoms with Gasteiger partial charge >= 0.3 is 0 Å². The predicted molar refractivity (Wildman–Crippen MR) is 95.7 cm³/mol. The highest BCUT2D eigenvalue weighted by atomic mass is 16.2. The molecule has 0 unspecified atom stereocenters. The van der Waals surface area contributed by atoms with Gasteiger partial charge in [0.1, 0.15) is 0 Å². The molecule has 1 heterocycles. The number of carbonyl (C=O) groups is 2. The van der Waals surface area contributed by atoms with Gasteiger partial charge in [-0.3, -0.25) is 19.0 Å². The van der Waals surface area contributed by atoms with E-state index in [0.717, 1.165) is 0 Å². The summed E-state index contributed by atoms with van der Waals surface area (Å²) in [5.74, 6) is -0.239. The summed E-state index contributed by atoms with van der Waals surface area (Å²) in [6, 6.07) is 13.8. The lowest BCUT2D eigenvalue weighted by molar-refractivity contribution is -0.116. The van der Waals surface area contributed by atoms with E-state index in [2.05, 4.69) is 10.3 Å². The van der Waals surface area contributed by atoms with Crippen LogP contribution in [0.3, 0.4) is 0 Å². The smallest absolute Gasteiger partial charge is 0.261 e. The van der Waals surface area contributed by atoms with E-state index in [1.807, 2.05) is 6.07 Å². The van der Waals surface area contributed by atoms with Crippen molar-refractivity contribution in [3.63, 3.8) is 0 Å². The molecule has 0 spiro atoms. The number of benzene rings is 2. The quantitative estimate of drug-likeness (QED) is 0.727. The number of hydrogen-bond acceptors (Lipinski definition) is 4. The van der Waals surface area contributed by atoms with E-state index in [-0.39, 0.29) is 30.2 Å². The molecule has 1 amide bonds. The van der Waals surface area contributed by atoms with Crippen molar-refractivity contribution in [3.8, 4) is 0 Å². The minimum atomic E-state index is -0.212. The minimum absolute atomic E-state index is 0.0268. The summed E-state index contributed by atoms with van der Waals surface area (Å²) in [6.45, 7) is 1.73. The van der Waals surface area contributed by atoms with Crippen LogP contribution in [0, 0.1) is 0 Å². The van der Waals surface area contributed by atoms with Crippen LogP contribution in [-0.4, -0.2) is 21.2 Å². The van der Waals surface area contributed by atoms with Crippen LogP contribution in [0.1, 0.15) is 23.7 Å². The van der Waals surface area contributed by atoms with Gasteiger partial charge in [-0.2, -0.15) is 0 Å². The summed E-state index contributed by atoms with van der Waals surface area (Å²) in [6.07, 6.45) is 1.61. The fraction of sp³-hybridized carbons (Fsp3) is 0.158. The summed E-state index contributed by atoms with van der Waals surface area (Å²) in [5.41, 5.74) is 1.67. The monoisotopic (exact) mass is 335 g/mol. The molecule has 0 saturated carbocycles. The number of fused-ring (bicyclic) bond motifs is 1. The summed E-state index contributed by atoms with van der Waals surface area (Å²) in [5, 5.41) is 3.28. The molecular formula is C19H17N3O3. The van der Waals surface area contributed by atoms with Gasteiger partial charge in [-0.25, -0.2) is 4.98 Å². The third-order valence-electron chi connectivity index (χ3n) is 3.89. The first-order valence-electron chi connectivity index (χ1n) is 7.89. The molecule has 1 aromatic heterocycles. The van der Waals surface area contributed by atoms with Crippen molar-refractivity contribution in [2.24, 2.45) is 0 Å². The number of nitrogens with zero attached hydrogens (tertiary/aromatic N) is 2. The zero-order valence-electron chi connectivity index (χ0n) is 13.7. The fourth-order valence-electron chi connectivity index (χ4n) is 2.50. The Morgan fingerprint density at radius 1 is 1.08 bits per heavy atom. The Kier molecular flexibility index (Phi) is 4.70. The number of para-hydroxylation sites is 1. The zero-order valence-corrected chi connectivity index (χ0v) is 13.7. The average molecular weight is 335 g/mol. The van der Waals surface area contributed by atoms with E-state index in [0.29, 0.717) is 22.2 Å². The molecule has 0 bridgehead atoms. The highest BCUT2D eigenvalue weighted by Crippen LogP contribution is 2.10. The second-order valence-corrected chi connectivity index (χ2v) is 5.69. The van der Waals surface area contributed by atoms with Crippen molar-refractivity contribution in [2.75, 3.05) is 5.32 Å². The molecule has 6 nitrogen and oxygen atoms in total. The molecular weight excluding hydrogens is 318 g/mol. The number of amides is 1. The molecule has 6 heteroatoms. The predicted octanol–water partition coefficient (Wildman–Crippen LogP) is 2.63. The standard InChI is InChI=1S/C19H17N3O3/c1-13(23)14-6-8-15(9-7-14)21-18(24)10-11-22-12-20-17-5-3-2-4-16(17)19(22)25/h2-9,12H,10-11H2,1H3,(H,21,24). The van der Waals surface area contributed by atoms with Gasteiger partial charge in [0.2, 0.25) is 5.91 Å². The second-order valence-electron chi connectivity index (χ2n) is 5.69. The van der Waals surface area contributed by atoms with E-state index < -0.39 is 0 Å².